The molecule has 0 unspecified atom stereocenters. The van der Waals surface area contributed by atoms with Crippen molar-refractivity contribution in [1.29, 1.82) is 0 Å². The van der Waals surface area contributed by atoms with Crippen molar-refractivity contribution in [3.05, 3.63) is 35.7 Å². The van der Waals surface area contributed by atoms with Crippen molar-refractivity contribution < 1.29 is 14.3 Å². The van der Waals surface area contributed by atoms with Gasteiger partial charge in [0.2, 0.25) is 5.95 Å². The lowest BCUT2D eigenvalue weighted by Gasteiger charge is -2.16. The van der Waals surface area contributed by atoms with Gasteiger partial charge in [0.15, 0.2) is 0 Å². The molecule has 25 heavy (non-hydrogen) atoms. The quantitative estimate of drug-likeness (QED) is 0.900. The molecule has 0 aliphatic carbocycles. The highest BCUT2D eigenvalue weighted by Gasteiger charge is 2.18. The Balaban J connectivity index is 1.79. The summed E-state index contributed by atoms with van der Waals surface area (Å²) in [7, 11) is 3.12. The Bertz CT molecular complexity index is 773. The summed E-state index contributed by atoms with van der Waals surface area (Å²) >= 11 is 0. The highest BCUT2D eigenvalue weighted by Crippen LogP contribution is 2.29. The monoisotopic (exact) mass is 342 g/mol. The Kier molecular flexibility index (Phi) is 5.02. The molecule has 7 heteroatoms. The van der Waals surface area contributed by atoms with Crippen LogP contribution in [-0.4, -0.2) is 43.2 Å². The fraction of sp³-hybridized carbons (Fsp3) is 0.389. The second-order valence-electron chi connectivity index (χ2n) is 5.88. The van der Waals surface area contributed by atoms with Gasteiger partial charge in [0.1, 0.15) is 11.5 Å². The number of anilines is 2. The molecule has 0 atom stereocenters. The van der Waals surface area contributed by atoms with Crippen LogP contribution < -0.4 is 19.7 Å². The van der Waals surface area contributed by atoms with Gasteiger partial charge in [0, 0.05) is 25.4 Å². The topological polar surface area (TPSA) is 76.6 Å². The number of nitrogens with one attached hydrogen (secondary N) is 1. The molecule has 1 saturated heterocycles. The Labute approximate surface area is 147 Å². The molecular weight excluding hydrogens is 320 g/mol. The van der Waals surface area contributed by atoms with E-state index in [9.17, 15) is 4.79 Å². The number of aryl methyl sites for hydroxylation is 1. The number of carbonyl (C=O) groups is 1. The normalized spacial score (nSPS) is 13.6. The summed E-state index contributed by atoms with van der Waals surface area (Å²) < 4.78 is 10.5. The van der Waals surface area contributed by atoms with Crippen LogP contribution in [0.5, 0.6) is 11.5 Å². The van der Waals surface area contributed by atoms with Crippen molar-refractivity contribution in [2.24, 2.45) is 0 Å². The number of nitrogens with zero attached hydrogens (tertiary/aromatic N) is 3. The third kappa shape index (κ3) is 3.65. The maximum atomic E-state index is 12.6. The summed E-state index contributed by atoms with van der Waals surface area (Å²) in [5, 5.41) is 2.85. The van der Waals surface area contributed by atoms with Crippen molar-refractivity contribution in [3.63, 3.8) is 0 Å². The number of benzene rings is 1. The van der Waals surface area contributed by atoms with E-state index in [0.717, 1.165) is 25.9 Å². The molecule has 7 nitrogen and oxygen atoms in total. The number of carbonyl (C=O) groups excluding carboxylic acids is 1. The van der Waals surface area contributed by atoms with Gasteiger partial charge in [-0.15, -0.1) is 0 Å². The molecule has 1 fully saturated rings. The summed E-state index contributed by atoms with van der Waals surface area (Å²) in [6.07, 6.45) is 3.89. The summed E-state index contributed by atoms with van der Waals surface area (Å²) in [4.78, 5) is 23.6. The van der Waals surface area contributed by atoms with Gasteiger partial charge in [-0.1, -0.05) is 0 Å². The van der Waals surface area contributed by atoms with E-state index in [1.807, 2.05) is 6.92 Å². The lowest BCUT2D eigenvalue weighted by Crippen LogP contribution is -2.22. The molecule has 0 bridgehead atoms. The second kappa shape index (κ2) is 7.38. The van der Waals surface area contributed by atoms with Crippen molar-refractivity contribution in [3.8, 4) is 11.5 Å². The van der Waals surface area contributed by atoms with Gasteiger partial charge in [0.05, 0.1) is 31.2 Å². The summed E-state index contributed by atoms with van der Waals surface area (Å²) in [6, 6.07) is 5.22. The summed E-state index contributed by atoms with van der Waals surface area (Å²) in [6.45, 7) is 3.75. The molecule has 0 radical (unpaired) electrons. The summed E-state index contributed by atoms with van der Waals surface area (Å²) in [5.74, 6) is 1.60. The van der Waals surface area contributed by atoms with Gasteiger partial charge < -0.3 is 19.7 Å². The molecule has 3 rings (SSSR count). The SMILES string of the molecule is COc1ccc(NC(=O)c2cnc(N3CCCC3)nc2C)c(OC)c1. The van der Waals surface area contributed by atoms with Crippen LogP contribution in [0.25, 0.3) is 0 Å². The van der Waals surface area contributed by atoms with Gasteiger partial charge in [-0.05, 0) is 31.9 Å². The fourth-order valence-electron chi connectivity index (χ4n) is 2.84. The van der Waals surface area contributed by atoms with E-state index in [-0.39, 0.29) is 5.91 Å². The van der Waals surface area contributed by atoms with Crippen LogP contribution in [0.3, 0.4) is 0 Å². The molecule has 1 aromatic carbocycles. The van der Waals surface area contributed by atoms with Crippen molar-refractivity contribution in [1.82, 2.24) is 9.97 Å². The minimum atomic E-state index is -0.270. The van der Waals surface area contributed by atoms with Crippen LogP contribution in [0.2, 0.25) is 0 Å². The third-order valence-corrected chi connectivity index (χ3v) is 4.26. The van der Waals surface area contributed by atoms with Crippen LogP contribution in [-0.2, 0) is 0 Å². The fourth-order valence-corrected chi connectivity index (χ4v) is 2.84. The predicted molar refractivity (Wildman–Crippen MR) is 95.7 cm³/mol. The zero-order valence-corrected chi connectivity index (χ0v) is 14.7. The Hall–Kier alpha value is -2.83. The van der Waals surface area contributed by atoms with E-state index in [1.54, 1.807) is 38.6 Å². The first-order chi connectivity index (χ1) is 12.1. The number of rotatable bonds is 5. The van der Waals surface area contributed by atoms with Gasteiger partial charge in [-0.2, -0.15) is 0 Å². The molecule has 0 saturated carbocycles. The molecule has 0 spiro atoms. The van der Waals surface area contributed by atoms with Crippen molar-refractivity contribution in [2.45, 2.75) is 19.8 Å². The van der Waals surface area contributed by atoms with Gasteiger partial charge in [-0.3, -0.25) is 4.79 Å². The zero-order chi connectivity index (χ0) is 17.8. The zero-order valence-electron chi connectivity index (χ0n) is 14.7. The maximum absolute atomic E-state index is 12.6. The number of aromatic nitrogens is 2. The first-order valence-corrected chi connectivity index (χ1v) is 8.24. The van der Waals surface area contributed by atoms with Gasteiger partial charge in [-0.25, -0.2) is 9.97 Å². The molecule has 1 aliphatic rings. The molecule has 1 aliphatic heterocycles. The highest BCUT2D eigenvalue weighted by molar-refractivity contribution is 6.05. The van der Waals surface area contributed by atoms with Crippen molar-refractivity contribution in [2.75, 3.05) is 37.5 Å². The van der Waals surface area contributed by atoms with E-state index in [1.165, 1.54) is 0 Å². The van der Waals surface area contributed by atoms with Crippen LogP contribution in [0.15, 0.2) is 24.4 Å². The predicted octanol–water partition coefficient (Wildman–Crippen LogP) is 2.65. The van der Waals surface area contributed by atoms with Crippen LogP contribution in [0.1, 0.15) is 28.9 Å². The lowest BCUT2D eigenvalue weighted by atomic mass is 10.2. The highest BCUT2D eigenvalue weighted by atomic mass is 16.5. The van der Waals surface area contributed by atoms with Crippen LogP contribution >= 0.6 is 0 Å². The Morgan fingerprint density at radius 3 is 2.60 bits per heavy atom. The van der Waals surface area contributed by atoms with E-state index in [2.05, 4.69) is 20.2 Å². The Morgan fingerprint density at radius 2 is 1.96 bits per heavy atom. The summed E-state index contributed by atoms with van der Waals surface area (Å²) in [5.41, 5.74) is 1.67. The number of amides is 1. The lowest BCUT2D eigenvalue weighted by molar-refractivity contribution is 0.102. The first-order valence-electron chi connectivity index (χ1n) is 8.24. The minimum absolute atomic E-state index is 0.270. The molecule has 132 valence electrons. The van der Waals surface area contributed by atoms with Gasteiger partial charge >= 0.3 is 0 Å². The minimum Gasteiger partial charge on any atom is -0.497 e. The average Bonchev–Trinajstić information content (AvgIpc) is 3.16. The molecule has 1 aromatic heterocycles. The molecule has 1 amide bonds. The van der Waals surface area contributed by atoms with E-state index < -0.39 is 0 Å². The van der Waals surface area contributed by atoms with E-state index in [0.29, 0.717) is 34.4 Å². The van der Waals surface area contributed by atoms with E-state index in [4.69, 9.17) is 9.47 Å². The number of hydrogen-bond acceptors (Lipinski definition) is 6. The van der Waals surface area contributed by atoms with Crippen LogP contribution in [0, 0.1) is 6.92 Å². The van der Waals surface area contributed by atoms with Gasteiger partial charge in [0.25, 0.3) is 5.91 Å². The number of ether oxygens (including phenoxy) is 2. The Morgan fingerprint density at radius 1 is 1.20 bits per heavy atom. The van der Waals surface area contributed by atoms with E-state index >= 15 is 0 Å². The molecule has 1 N–H and O–H groups in total. The van der Waals surface area contributed by atoms with Crippen LogP contribution in [0.4, 0.5) is 11.6 Å². The smallest absolute Gasteiger partial charge is 0.259 e. The third-order valence-electron chi connectivity index (χ3n) is 4.26. The molecule has 2 aromatic rings. The molecule has 2 heterocycles. The number of methoxy groups -OCH3 is 2. The largest absolute Gasteiger partial charge is 0.497 e. The standard InChI is InChI=1S/C18H22N4O3/c1-12-14(11-19-18(20-12)22-8-4-5-9-22)17(23)21-15-7-6-13(24-2)10-16(15)25-3/h6-7,10-11H,4-5,8-9H2,1-3H3,(H,21,23). The molecular formula is C18H22N4O3. The van der Waals surface area contributed by atoms with Crippen molar-refractivity contribution >= 4 is 17.5 Å². The average molecular weight is 342 g/mol. The number of hydrogen-bond donors (Lipinski definition) is 1. The maximum Gasteiger partial charge on any atom is 0.259 e. The first kappa shape index (κ1) is 17.0. The second-order valence-corrected chi connectivity index (χ2v) is 5.88.